The molecule has 0 saturated carbocycles. The van der Waals surface area contributed by atoms with Gasteiger partial charge in [-0.1, -0.05) is 11.6 Å². The molecule has 0 radical (unpaired) electrons. The van der Waals surface area contributed by atoms with Gasteiger partial charge in [0.2, 0.25) is 10.0 Å². The van der Waals surface area contributed by atoms with Crippen LogP contribution in [0.1, 0.15) is 0 Å². The highest BCUT2D eigenvalue weighted by Gasteiger charge is 2.15. The summed E-state index contributed by atoms with van der Waals surface area (Å²) in [5.41, 5.74) is 0. The summed E-state index contributed by atoms with van der Waals surface area (Å²) < 4.78 is 25.5. The maximum atomic E-state index is 11.6. The number of hydrogen-bond donors (Lipinski definition) is 1. The smallest absolute Gasteiger partial charge is 0.209 e. The highest BCUT2D eigenvalue weighted by Crippen LogP contribution is 2.13. The fraction of sp³-hybridized carbons (Fsp3) is 0.222. The number of sulfonamides is 1. The standard InChI is InChI=1S/C9H8Cl2N2O2S/c10-7-1-3-9(4-2-7)16(14,15)13-6-8(11)5-12/h1-4,8,13H,6H2/t8-/m0/s1. The lowest BCUT2D eigenvalue weighted by atomic mass is 10.4. The van der Waals surface area contributed by atoms with E-state index in [9.17, 15) is 8.42 Å². The molecule has 16 heavy (non-hydrogen) atoms. The number of nitrogens with one attached hydrogen (secondary N) is 1. The summed E-state index contributed by atoms with van der Waals surface area (Å²) in [6.45, 7) is -0.136. The summed E-state index contributed by atoms with van der Waals surface area (Å²) in [5.74, 6) is 0. The first-order chi connectivity index (χ1) is 7.45. The maximum Gasteiger partial charge on any atom is 0.240 e. The van der Waals surface area contributed by atoms with E-state index in [0.29, 0.717) is 5.02 Å². The van der Waals surface area contributed by atoms with Crippen molar-refractivity contribution in [1.29, 1.82) is 5.26 Å². The van der Waals surface area contributed by atoms with Crippen molar-refractivity contribution in [2.45, 2.75) is 10.3 Å². The lowest BCUT2D eigenvalue weighted by Gasteiger charge is -2.06. The Morgan fingerprint density at radius 2 is 1.94 bits per heavy atom. The van der Waals surface area contributed by atoms with Gasteiger partial charge in [0.15, 0.2) is 0 Å². The number of rotatable bonds is 4. The van der Waals surface area contributed by atoms with Crippen molar-refractivity contribution in [3.8, 4) is 6.07 Å². The van der Waals surface area contributed by atoms with Gasteiger partial charge in [-0.2, -0.15) is 5.26 Å². The molecular weight excluding hydrogens is 271 g/mol. The second-order valence-corrected chi connectivity index (χ2v) is 5.63. The number of nitriles is 1. The number of halogens is 2. The van der Waals surface area contributed by atoms with Gasteiger partial charge in [-0.05, 0) is 24.3 Å². The van der Waals surface area contributed by atoms with Crippen molar-refractivity contribution in [1.82, 2.24) is 4.72 Å². The largest absolute Gasteiger partial charge is 0.240 e. The third kappa shape index (κ3) is 3.65. The molecule has 86 valence electrons. The van der Waals surface area contributed by atoms with E-state index in [2.05, 4.69) is 4.72 Å². The average molecular weight is 279 g/mol. The van der Waals surface area contributed by atoms with E-state index in [-0.39, 0.29) is 11.4 Å². The van der Waals surface area contributed by atoms with Crippen LogP contribution in [0.3, 0.4) is 0 Å². The summed E-state index contributed by atoms with van der Waals surface area (Å²) in [6, 6.07) is 7.41. The predicted molar refractivity (Wildman–Crippen MR) is 61.9 cm³/mol. The highest BCUT2D eigenvalue weighted by molar-refractivity contribution is 7.89. The third-order valence-corrected chi connectivity index (χ3v) is 3.66. The Hall–Kier alpha value is -0.800. The van der Waals surface area contributed by atoms with Gasteiger partial charge in [0.05, 0.1) is 11.0 Å². The molecule has 4 nitrogen and oxygen atoms in total. The zero-order valence-corrected chi connectivity index (χ0v) is 10.4. The van der Waals surface area contributed by atoms with Crippen LogP contribution in [0.5, 0.6) is 0 Å². The molecule has 0 aromatic heterocycles. The van der Waals surface area contributed by atoms with E-state index < -0.39 is 15.4 Å². The van der Waals surface area contributed by atoms with Gasteiger partial charge in [-0.25, -0.2) is 13.1 Å². The fourth-order valence-electron chi connectivity index (χ4n) is 0.926. The van der Waals surface area contributed by atoms with Gasteiger partial charge in [-0.15, -0.1) is 11.6 Å². The van der Waals surface area contributed by atoms with Crippen LogP contribution in [-0.2, 0) is 10.0 Å². The normalized spacial score (nSPS) is 13.1. The molecule has 0 aliphatic carbocycles. The molecule has 0 saturated heterocycles. The summed E-state index contributed by atoms with van der Waals surface area (Å²) in [4.78, 5) is 0.0821. The predicted octanol–water partition coefficient (Wildman–Crippen LogP) is 1.75. The molecule has 0 unspecified atom stereocenters. The Balaban J connectivity index is 2.79. The Kier molecular flexibility index (Phi) is 4.56. The first-order valence-corrected chi connectivity index (χ1v) is 6.54. The molecule has 0 aliphatic heterocycles. The zero-order valence-electron chi connectivity index (χ0n) is 8.02. The van der Waals surface area contributed by atoms with Crippen molar-refractivity contribution in [2.24, 2.45) is 0 Å². The number of nitrogens with zero attached hydrogens (tertiary/aromatic N) is 1. The molecule has 1 atom stereocenters. The van der Waals surface area contributed by atoms with Crippen LogP contribution in [0.15, 0.2) is 29.2 Å². The minimum Gasteiger partial charge on any atom is -0.209 e. The van der Waals surface area contributed by atoms with Gasteiger partial charge in [0.25, 0.3) is 0 Å². The number of hydrogen-bond acceptors (Lipinski definition) is 3. The molecule has 1 aromatic rings. The minimum atomic E-state index is -3.63. The second-order valence-electron chi connectivity index (χ2n) is 2.90. The van der Waals surface area contributed by atoms with Crippen LogP contribution in [-0.4, -0.2) is 20.3 Å². The van der Waals surface area contributed by atoms with E-state index >= 15 is 0 Å². The molecular formula is C9H8Cl2N2O2S. The van der Waals surface area contributed by atoms with Crippen molar-refractivity contribution in [3.05, 3.63) is 29.3 Å². The van der Waals surface area contributed by atoms with Gasteiger partial charge >= 0.3 is 0 Å². The number of benzene rings is 1. The first kappa shape index (κ1) is 13.3. The van der Waals surface area contributed by atoms with Gasteiger partial charge in [0, 0.05) is 11.6 Å². The van der Waals surface area contributed by atoms with E-state index in [1.807, 2.05) is 0 Å². The third-order valence-electron chi connectivity index (χ3n) is 1.72. The van der Waals surface area contributed by atoms with Gasteiger partial charge in [0.1, 0.15) is 5.38 Å². The SMILES string of the molecule is N#C[C@H](Cl)CNS(=O)(=O)c1ccc(Cl)cc1. The zero-order chi connectivity index (χ0) is 12.2. The Labute approximate surface area is 104 Å². The summed E-state index contributed by atoms with van der Waals surface area (Å²) in [6.07, 6.45) is 0. The van der Waals surface area contributed by atoms with Crippen LogP contribution < -0.4 is 4.72 Å². The average Bonchev–Trinajstić information content (AvgIpc) is 2.26. The molecule has 7 heteroatoms. The van der Waals surface area contributed by atoms with Gasteiger partial charge < -0.3 is 0 Å². The van der Waals surface area contributed by atoms with Crippen LogP contribution in [0.2, 0.25) is 5.02 Å². The van der Waals surface area contributed by atoms with Crippen molar-refractivity contribution in [3.63, 3.8) is 0 Å². The summed E-state index contributed by atoms with van der Waals surface area (Å²) in [5, 5.41) is 7.97. The summed E-state index contributed by atoms with van der Waals surface area (Å²) >= 11 is 11.1. The van der Waals surface area contributed by atoms with Crippen LogP contribution in [0.4, 0.5) is 0 Å². The number of alkyl halides is 1. The molecule has 0 fully saturated rings. The Bertz CT molecular complexity index is 493. The maximum absolute atomic E-state index is 11.6. The van der Waals surface area contributed by atoms with E-state index in [1.165, 1.54) is 24.3 Å². The molecule has 0 heterocycles. The van der Waals surface area contributed by atoms with Crippen LogP contribution in [0, 0.1) is 11.3 Å². The van der Waals surface area contributed by atoms with Crippen LogP contribution in [0.25, 0.3) is 0 Å². The van der Waals surface area contributed by atoms with E-state index in [0.717, 1.165) is 0 Å². The first-order valence-electron chi connectivity index (χ1n) is 4.24. The van der Waals surface area contributed by atoms with Crippen molar-refractivity contribution >= 4 is 33.2 Å². The fourth-order valence-corrected chi connectivity index (χ4v) is 2.27. The molecule has 1 rings (SSSR count). The van der Waals surface area contributed by atoms with Crippen molar-refractivity contribution in [2.75, 3.05) is 6.54 Å². The minimum absolute atomic E-state index is 0.0821. The molecule has 1 aromatic carbocycles. The van der Waals surface area contributed by atoms with E-state index in [1.54, 1.807) is 6.07 Å². The molecule has 0 spiro atoms. The summed E-state index contributed by atoms with van der Waals surface area (Å²) in [7, 11) is -3.63. The lowest BCUT2D eigenvalue weighted by molar-refractivity contribution is 0.582. The van der Waals surface area contributed by atoms with E-state index in [4.69, 9.17) is 28.5 Å². The molecule has 0 amide bonds. The molecule has 1 N–H and O–H groups in total. The Morgan fingerprint density at radius 1 is 1.38 bits per heavy atom. The van der Waals surface area contributed by atoms with Gasteiger partial charge in [-0.3, -0.25) is 0 Å². The second kappa shape index (κ2) is 5.51. The monoisotopic (exact) mass is 278 g/mol. The lowest BCUT2D eigenvalue weighted by Crippen LogP contribution is -2.29. The highest BCUT2D eigenvalue weighted by atomic mass is 35.5. The molecule has 0 bridgehead atoms. The molecule has 0 aliphatic rings. The topological polar surface area (TPSA) is 70.0 Å². The van der Waals surface area contributed by atoms with Crippen LogP contribution >= 0.6 is 23.2 Å². The van der Waals surface area contributed by atoms with Crippen molar-refractivity contribution < 1.29 is 8.42 Å². The Morgan fingerprint density at radius 3 is 2.44 bits per heavy atom. The quantitative estimate of drug-likeness (QED) is 0.853.